The Balaban J connectivity index is 2.21. The number of alkyl carbamates (subject to hydrolysis) is 1. The highest BCUT2D eigenvalue weighted by molar-refractivity contribution is 7.10. The first-order valence-corrected chi connectivity index (χ1v) is 17.7. The van der Waals surface area contributed by atoms with Crippen LogP contribution >= 0.6 is 11.3 Å². The van der Waals surface area contributed by atoms with E-state index < -0.39 is 83.2 Å². The van der Waals surface area contributed by atoms with Crippen molar-refractivity contribution in [1.82, 2.24) is 31.1 Å². The molecular weight excluding hydrogens is 664 g/mol. The molecule has 14 nitrogen and oxygen atoms in total. The van der Waals surface area contributed by atoms with Crippen LogP contribution in [0.5, 0.6) is 0 Å². The molecule has 278 valence electrons. The molecule has 1 aromatic rings. The first-order chi connectivity index (χ1) is 23.2. The Kier molecular flexibility index (Phi) is 15.2. The van der Waals surface area contributed by atoms with Crippen molar-refractivity contribution in [3.8, 4) is 0 Å². The van der Waals surface area contributed by atoms with Gasteiger partial charge in [-0.25, -0.2) is 4.79 Å². The van der Waals surface area contributed by atoms with E-state index in [1.54, 1.807) is 79.2 Å². The van der Waals surface area contributed by atoms with E-state index in [1.165, 1.54) is 21.1 Å². The van der Waals surface area contributed by atoms with Crippen molar-refractivity contribution in [2.75, 3.05) is 27.2 Å². The molecule has 2 rings (SSSR count). The van der Waals surface area contributed by atoms with E-state index in [0.717, 1.165) is 0 Å². The standard InChI is InChI=1S/C35H54N6O8S/c1-11-13-15-22(27(43)30(45)36-20-24(42)38-25(31(46)40(9)10)23-16-14-19-50-23)37-29(44)26-21(12-2)17-18-41(26)32(47)28(34(3,4)5)39-33(48)49-35(6,7)8/h12,14,16,19,21-22,25-26,28H,2,11,13,15,17-18,20H2,1,3-10H3,(H,36,45)(H,37,44)(H,38,42)(H,39,48)/t21-,22?,25-,26-,28+/m0/s1. The van der Waals surface area contributed by atoms with Gasteiger partial charge in [-0.15, -0.1) is 17.9 Å². The molecule has 50 heavy (non-hydrogen) atoms. The Morgan fingerprint density at radius 1 is 1.06 bits per heavy atom. The maximum Gasteiger partial charge on any atom is 0.408 e. The minimum absolute atomic E-state index is 0.142. The molecule has 1 aliphatic rings. The van der Waals surface area contributed by atoms with E-state index in [9.17, 15) is 33.6 Å². The highest BCUT2D eigenvalue weighted by Gasteiger charge is 2.46. The maximum absolute atomic E-state index is 14.0. The number of carbonyl (C=O) groups is 7. The zero-order valence-electron chi connectivity index (χ0n) is 30.7. The van der Waals surface area contributed by atoms with Gasteiger partial charge in [-0.2, -0.15) is 0 Å². The van der Waals surface area contributed by atoms with Crippen LogP contribution < -0.4 is 21.3 Å². The highest BCUT2D eigenvalue weighted by atomic mass is 32.1. The van der Waals surface area contributed by atoms with Crippen LogP contribution in [0.3, 0.4) is 0 Å². The number of ether oxygens (including phenoxy) is 1. The number of unbranched alkanes of at least 4 members (excludes halogenated alkanes) is 1. The second kappa shape index (κ2) is 18.1. The Labute approximate surface area is 299 Å². The summed E-state index contributed by atoms with van der Waals surface area (Å²) < 4.78 is 5.39. The molecule has 0 saturated carbocycles. The number of amides is 6. The molecule has 15 heteroatoms. The number of Topliss-reactive ketones (excluding diaryl/α,β-unsaturated/α-hetero) is 1. The normalized spacial score (nSPS) is 17.8. The lowest BCUT2D eigenvalue weighted by Crippen LogP contribution is -2.60. The van der Waals surface area contributed by atoms with Crippen molar-refractivity contribution >= 4 is 52.7 Å². The SMILES string of the molecule is C=C[C@H]1CCN(C(=O)[C@@H](NC(=O)OC(C)(C)C)C(C)(C)C)[C@@H]1C(=O)NC(CCCC)C(=O)C(=O)NCC(=O)N[C@H](C(=O)N(C)C)c1cccs1. The van der Waals surface area contributed by atoms with E-state index in [0.29, 0.717) is 24.1 Å². The van der Waals surface area contributed by atoms with Crippen LogP contribution in [0.4, 0.5) is 4.79 Å². The lowest BCUT2D eigenvalue weighted by molar-refractivity contribution is -0.144. The van der Waals surface area contributed by atoms with Gasteiger partial charge in [0.1, 0.15) is 23.7 Å². The number of nitrogens with one attached hydrogen (secondary N) is 4. The summed E-state index contributed by atoms with van der Waals surface area (Å²) in [6.45, 7) is 15.8. The number of nitrogens with zero attached hydrogens (tertiary/aromatic N) is 2. The van der Waals surface area contributed by atoms with E-state index in [1.807, 2.05) is 6.92 Å². The number of rotatable bonds is 15. The van der Waals surface area contributed by atoms with Gasteiger partial charge in [-0.1, -0.05) is 52.7 Å². The van der Waals surface area contributed by atoms with Crippen LogP contribution in [0.25, 0.3) is 0 Å². The molecule has 1 aliphatic heterocycles. The largest absolute Gasteiger partial charge is 0.444 e. The summed E-state index contributed by atoms with van der Waals surface area (Å²) in [5.74, 6) is -4.69. The van der Waals surface area contributed by atoms with Crippen molar-refractivity contribution in [3.05, 3.63) is 35.0 Å². The van der Waals surface area contributed by atoms with Crippen molar-refractivity contribution in [2.45, 2.75) is 104 Å². The molecule has 5 atom stereocenters. The zero-order chi connectivity index (χ0) is 38.0. The second-order valence-corrected chi connectivity index (χ2v) is 15.6. The molecule has 0 radical (unpaired) electrons. The van der Waals surface area contributed by atoms with Gasteiger partial charge in [0.25, 0.3) is 5.91 Å². The average Bonchev–Trinajstić information content (AvgIpc) is 3.71. The van der Waals surface area contributed by atoms with Crippen LogP contribution in [-0.2, 0) is 33.5 Å². The van der Waals surface area contributed by atoms with Crippen LogP contribution in [0, 0.1) is 11.3 Å². The molecule has 0 spiro atoms. The molecule has 2 heterocycles. The van der Waals surface area contributed by atoms with Crippen molar-refractivity contribution < 1.29 is 38.3 Å². The van der Waals surface area contributed by atoms with Crippen LogP contribution in [0.15, 0.2) is 30.2 Å². The van der Waals surface area contributed by atoms with Crippen LogP contribution in [-0.4, -0.2) is 102 Å². The number of likely N-dealkylation sites (N-methyl/N-ethyl adjacent to an activating group) is 1. The third-order valence-electron chi connectivity index (χ3n) is 8.01. The quantitative estimate of drug-likeness (QED) is 0.158. The lowest BCUT2D eigenvalue weighted by Gasteiger charge is -2.36. The molecular formula is C35H54N6O8S. The van der Waals surface area contributed by atoms with Gasteiger partial charge in [-0.3, -0.25) is 28.8 Å². The molecule has 0 aliphatic carbocycles. The van der Waals surface area contributed by atoms with E-state index in [2.05, 4.69) is 27.8 Å². The van der Waals surface area contributed by atoms with Crippen molar-refractivity contribution in [2.24, 2.45) is 11.3 Å². The van der Waals surface area contributed by atoms with Crippen LogP contribution in [0.2, 0.25) is 0 Å². The van der Waals surface area contributed by atoms with Crippen molar-refractivity contribution in [1.29, 1.82) is 0 Å². The minimum atomic E-state index is -1.24. The Hall–Kier alpha value is -4.27. The molecule has 4 N–H and O–H groups in total. The summed E-state index contributed by atoms with van der Waals surface area (Å²) in [6.07, 6.45) is 2.53. The van der Waals surface area contributed by atoms with Crippen LogP contribution in [0.1, 0.15) is 85.1 Å². The minimum Gasteiger partial charge on any atom is -0.444 e. The number of ketones is 1. The fourth-order valence-electron chi connectivity index (χ4n) is 5.41. The molecule has 1 unspecified atom stereocenters. The number of hydrogen-bond acceptors (Lipinski definition) is 9. The topological polar surface area (TPSA) is 183 Å². The highest BCUT2D eigenvalue weighted by Crippen LogP contribution is 2.30. The fourth-order valence-corrected chi connectivity index (χ4v) is 6.17. The van der Waals surface area contributed by atoms with E-state index in [4.69, 9.17) is 4.74 Å². The van der Waals surface area contributed by atoms with Gasteiger partial charge < -0.3 is 35.8 Å². The first kappa shape index (κ1) is 41.9. The molecule has 1 aromatic heterocycles. The first-order valence-electron chi connectivity index (χ1n) is 16.8. The van der Waals surface area contributed by atoms with E-state index >= 15 is 0 Å². The van der Waals surface area contributed by atoms with Gasteiger partial charge in [0.15, 0.2) is 0 Å². The monoisotopic (exact) mass is 718 g/mol. The molecule has 1 saturated heterocycles. The summed E-state index contributed by atoms with van der Waals surface area (Å²) in [7, 11) is 3.12. The summed E-state index contributed by atoms with van der Waals surface area (Å²) in [4.78, 5) is 95.8. The summed E-state index contributed by atoms with van der Waals surface area (Å²) in [5.41, 5.74) is -1.55. The molecule has 0 aromatic carbocycles. The fraction of sp³-hybridized carbons (Fsp3) is 0.629. The Bertz CT molecular complexity index is 1400. The smallest absolute Gasteiger partial charge is 0.408 e. The van der Waals surface area contributed by atoms with Gasteiger partial charge >= 0.3 is 6.09 Å². The lowest BCUT2D eigenvalue weighted by atomic mass is 9.85. The van der Waals surface area contributed by atoms with Gasteiger partial charge in [-0.05, 0) is 50.5 Å². The number of carbonyl (C=O) groups excluding carboxylic acids is 7. The van der Waals surface area contributed by atoms with Crippen molar-refractivity contribution in [3.63, 3.8) is 0 Å². The zero-order valence-corrected chi connectivity index (χ0v) is 31.5. The molecule has 6 amide bonds. The average molecular weight is 719 g/mol. The predicted octanol–water partition coefficient (Wildman–Crippen LogP) is 2.70. The maximum atomic E-state index is 14.0. The summed E-state index contributed by atoms with van der Waals surface area (Å²) in [5, 5.41) is 12.0. The van der Waals surface area contributed by atoms with Gasteiger partial charge in [0.05, 0.1) is 12.6 Å². The second-order valence-electron chi connectivity index (χ2n) is 14.6. The Morgan fingerprint density at radius 2 is 1.72 bits per heavy atom. The van der Waals surface area contributed by atoms with E-state index in [-0.39, 0.29) is 18.9 Å². The number of likely N-dealkylation sites (tertiary alicyclic amines) is 1. The Morgan fingerprint density at radius 3 is 2.24 bits per heavy atom. The molecule has 0 bridgehead atoms. The summed E-state index contributed by atoms with van der Waals surface area (Å²) >= 11 is 1.29. The molecule has 1 fully saturated rings. The third kappa shape index (κ3) is 12.0. The third-order valence-corrected chi connectivity index (χ3v) is 8.94. The van der Waals surface area contributed by atoms with Gasteiger partial charge in [0.2, 0.25) is 29.4 Å². The van der Waals surface area contributed by atoms with Gasteiger partial charge in [0, 0.05) is 31.4 Å². The summed E-state index contributed by atoms with van der Waals surface area (Å²) in [6, 6.07) is -0.848. The number of hydrogen-bond donors (Lipinski definition) is 4. The predicted molar refractivity (Wildman–Crippen MR) is 190 cm³/mol. The number of thiophene rings is 1.